The molecule has 1 aliphatic heterocycles. The Hall–Kier alpha value is -3.48. The first-order chi connectivity index (χ1) is 17.9. The molecule has 1 amide bonds. The Labute approximate surface area is 221 Å². The zero-order chi connectivity index (χ0) is 29.3. The van der Waals surface area contributed by atoms with Crippen LogP contribution in [0.1, 0.15) is 37.5 Å². The number of nitrogen functional groups attached to an aromatic ring is 1. The van der Waals surface area contributed by atoms with Gasteiger partial charge in [-0.15, -0.1) is 0 Å². The van der Waals surface area contributed by atoms with E-state index in [2.05, 4.69) is 0 Å². The molecule has 1 atom stereocenters. The minimum atomic E-state index is -4.99. The molecular weight excluding hydrogens is 532 g/mol. The Morgan fingerprint density at radius 1 is 0.923 bits per heavy atom. The zero-order valence-electron chi connectivity index (χ0n) is 21.7. The van der Waals surface area contributed by atoms with Crippen LogP contribution in [0.15, 0.2) is 36.4 Å². The Morgan fingerprint density at radius 2 is 1.51 bits per heavy atom. The van der Waals surface area contributed by atoms with E-state index in [0.717, 1.165) is 0 Å². The summed E-state index contributed by atoms with van der Waals surface area (Å²) in [6, 6.07) is 4.52. The van der Waals surface area contributed by atoms with Crippen LogP contribution in [0.5, 0.6) is 0 Å². The molecule has 0 unspecified atom stereocenters. The Kier molecular flexibility index (Phi) is 8.44. The van der Waals surface area contributed by atoms with E-state index in [9.17, 15) is 35.9 Å². The van der Waals surface area contributed by atoms with Gasteiger partial charge in [-0.3, -0.25) is 9.69 Å². The molecule has 0 spiro atoms. The van der Waals surface area contributed by atoms with Crippen molar-refractivity contribution >= 4 is 17.7 Å². The van der Waals surface area contributed by atoms with E-state index < -0.39 is 47.2 Å². The third kappa shape index (κ3) is 7.55. The van der Waals surface area contributed by atoms with Crippen molar-refractivity contribution in [2.24, 2.45) is 0 Å². The van der Waals surface area contributed by atoms with E-state index in [0.29, 0.717) is 17.7 Å². The molecule has 0 aliphatic carbocycles. The fourth-order valence-electron chi connectivity index (χ4n) is 4.12. The number of piperazine rings is 1. The van der Waals surface area contributed by atoms with Crippen molar-refractivity contribution in [2.45, 2.75) is 51.3 Å². The fourth-order valence-corrected chi connectivity index (χ4v) is 4.12. The number of ether oxygens (including phenoxy) is 2. The van der Waals surface area contributed by atoms with Crippen LogP contribution in [0.25, 0.3) is 11.1 Å². The molecule has 2 aromatic rings. The number of rotatable bonds is 4. The topological polar surface area (TPSA) is 85.1 Å². The molecule has 3 rings (SSSR count). The highest BCUT2D eigenvalue weighted by molar-refractivity contribution is 5.78. The molecule has 0 bridgehead atoms. The number of hydrogen-bond donors (Lipinski definition) is 1. The standard InChI is InChI=1S/C26H29F6N3O4/c1-24(2,3)39-23(37)35-8-7-34(21(14-35)22(36)38-4)13-17-9-15(5-6-20(17)33)16-10-18(25(27,28)29)12-19(11-16)26(30,31)32/h5-6,9-12,21H,7-8,13-14,33H2,1-4H3/t21-/m0/s1. The number of halogens is 6. The molecule has 2 N–H and O–H groups in total. The molecule has 0 saturated carbocycles. The van der Waals surface area contributed by atoms with Gasteiger partial charge in [0.1, 0.15) is 11.6 Å². The number of benzene rings is 2. The van der Waals surface area contributed by atoms with Crippen molar-refractivity contribution in [3.63, 3.8) is 0 Å². The van der Waals surface area contributed by atoms with Crippen molar-refractivity contribution in [3.8, 4) is 11.1 Å². The number of esters is 1. The number of methoxy groups -OCH3 is 1. The summed E-state index contributed by atoms with van der Waals surface area (Å²) in [5.41, 5.74) is 2.86. The third-order valence-electron chi connectivity index (χ3n) is 6.05. The van der Waals surface area contributed by atoms with Gasteiger partial charge in [-0.25, -0.2) is 4.79 Å². The van der Waals surface area contributed by atoms with Crippen LogP contribution >= 0.6 is 0 Å². The van der Waals surface area contributed by atoms with Crippen molar-refractivity contribution in [1.82, 2.24) is 9.80 Å². The summed E-state index contributed by atoms with van der Waals surface area (Å²) in [5.74, 6) is -0.634. The van der Waals surface area contributed by atoms with E-state index in [4.69, 9.17) is 15.2 Å². The van der Waals surface area contributed by atoms with Gasteiger partial charge in [0.25, 0.3) is 0 Å². The molecule has 2 aromatic carbocycles. The second-order valence-electron chi connectivity index (χ2n) is 10.1. The average molecular weight is 562 g/mol. The summed E-state index contributed by atoms with van der Waals surface area (Å²) in [4.78, 5) is 28.2. The summed E-state index contributed by atoms with van der Waals surface area (Å²) >= 11 is 0. The second kappa shape index (κ2) is 10.9. The number of hydrogen-bond acceptors (Lipinski definition) is 6. The number of nitrogens with two attached hydrogens (primary N) is 1. The molecular formula is C26H29F6N3O4. The van der Waals surface area contributed by atoms with Crippen molar-refractivity contribution in [3.05, 3.63) is 53.1 Å². The summed E-state index contributed by atoms with van der Waals surface area (Å²) in [5, 5.41) is 0. The highest BCUT2D eigenvalue weighted by atomic mass is 19.4. The first-order valence-electron chi connectivity index (χ1n) is 11.9. The van der Waals surface area contributed by atoms with Gasteiger partial charge in [-0.1, -0.05) is 6.07 Å². The number of alkyl halides is 6. The number of anilines is 1. The Balaban J connectivity index is 1.93. The average Bonchev–Trinajstić information content (AvgIpc) is 2.82. The first-order valence-corrected chi connectivity index (χ1v) is 11.9. The van der Waals surface area contributed by atoms with Gasteiger partial charge in [0.2, 0.25) is 0 Å². The smallest absolute Gasteiger partial charge is 0.416 e. The normalized spacial score (nSPS) is 17.2. The SMILES string of the molecule is COC(=O)[C@@H]1CN(C(=O)OC(C)(C)C)CCN1Cc1cc(-c2cc(C(F)(F)F)cc(C(F)(F)F)c2)ccc1N. The highest BCUT2D eigenvalue weighted by Gasteiger charge is 2.38. The molecule has 1 saturated heterocycles. The van der Waals surface area contributed by atoms with E-state index in [1.807, 2.05) is 0 Å². The van der Waals surface area contributed by atoms with Crippen LogP contribution in [0, 0.1) is 0 Å². The quantitative estimate of drug-likeness (QED) is 0.299. The first kappa shape index (κ1) is 30.1. The molecule has 0 aromatic heterocycles. The third-order valence-corrected chi connectivity index (χ3v) is 6.05. The van der Waals surface area contributed by atoms with E-state index in [-0.39, 0.29) is 49.1 Å². The maximum Gasteiger partial charge on any atom is 0.416 e. The predicted molar refractivity (Wildman–Crippen MR) is 130 cm³/mol. The maximum atomic E-state index is 13.4. The van der Waals surface area contributed by atoms with Crippen LogP contribution in [-0.4, -0.2) is 60.2 Å². The summed E-state index contributed by atoms with van der Waals surface area (Å²) < 4.78 is 90.4. The zero-order valence-corrected chi connectivity index (χ0v) is 21.7. The lowest BCUT2D eigenvalue weighted by atomic mass is 9.96. The monoisotopic (exact) mass is 561 g/mol. The number of amides is 1. The predicted octanol–water partition coefficient (Wildman–Crippen LogP) is 5.57. The van der Waals surface area contributed by atoms with E-state index >= 15 is 0 Å². The number of nitrogens with zero attached hydrogens (tertiary/aromatic N) is 2. The summed E-state index contributed by atoms with van der Waals surface area (Å²) in [7, 11) is 1.19. The molecule has 214 valence electrons. The van der Waals surface area contributed by atoms with Crippen LogP contribution in [0.4, 0.5) is 36.8 Å². The van der Waals surface area contributed by atoms with E-state index in [1.165, 1.54) is 30.2 Å². The minimum absolute atomic E-state index is 0.0205. The van der Waals surface area contributed by atoms with Crippen molar-refractivity contribution < 1.29 is 45.4 Å². The van der Waals surface area contributed by atoms with Crippen molar-refractivity contribution in [2.75, 3.05) is 32.5 Å². The summed E-state index contributed by atoms with van der Waals surface area (Å²) in [6.07, 6.45) is -10.6. The van der Waals surface area contributed by atoms with Crippen LogP contribution in [-0.2, 0) is 33.2 Å². The lowest BCUT2D eigenvalue weighted by Crippen LogP contribution is -2.58. The van der Waals surface area contributed by atoms with Gasteiger partial charge in [-0.2, -0.15) is 26.3 Å². The van der Waals surface area contributed by atoms with Gasteiger partial charge in [0, 0.05) is 25.3 Å². The lowest BCUT2D eigenvalue weighted by Gasteiger charge is -2.40. The van der Waals surface area contributed by atoms with Gasteiger partial charge in [0.15, 0.2) is 0 Å². The molecule has 13 heteroatoms. The second-order valence-corrected chi connectivity index (χ2v) is 10.1. The number of carbonyl (C=O) groups is 2. The van der Waals surface area contributed by atoms with Crippen LogP contribution < -0.4 is 5.73 Å². The Bertz CT molecular complexity index is 1190. The molecule has 7 nitrogen and oxygen atoms in total. The molecule has 1 fully saturated rings. The van der Waals surface area contributed by atoms with Gasteiger partial charge < -0.3 is 20.1 Å². The number of carbonyl (C=O) groups excluding carboxylic acids is 2. The van der Waals surface area contributed by atoms with Gasteiger partial charge in [0.05, 0.1) is 24.8 Å². The minimum Gasteiger partial charge on any atom is -0.468 e. The Morgan fingerprint density at radius 3 is 2.03 bits per heavy atom. The van der Waals surface area contributed by atoms with Gasteiger partial charge >= 0.3 is 24.4 Å². The largest absolute Gasteiger partial charge is 0.468 e. The lowest BCUT2D eigenvalue weighted by molar-refractivity contribution is -0.149. The maximum absolute atomic E-state index is 13.4. The molecule has 1 heterocycles. The molecule has 0 radical (unpaired) electrons. The van der Waals surface area contributed by atoms with Crippen LogP contribution in [0.2, 0.25) is 0 Å². The van der Waals surface area contributed by atoms with E-state index in [1.54, 1.807) is 25.7 Å². The highest BCUT2D eigenvalue weighted by Crippen LogP contribution is 2.39. The molecule has 39 heavy (non-hydrogen) atoms. The van der Waals surface area contributed by atoms with Crippen LogP contribution in [0.3, 0.4) is 0 Å². The van der Waals surface area contributed by atoms with Crippen molar-refractivity contribution in [1.29, 1.82) is 0 Å². The molecule has 1 aliphatic rings. The van der Waals surface area contributed by atoms with Gasteiger partial charge in [-0.05, 0) is 67.8 Å². The summed E-state index contributed by atoms with van der Waals surface area (Å²) in [6.45, 7) is 5.48. The fraction of sp³-hybridized carbons (Fsp3) is 0.462.